The Morgan fingerprint density at radius 3 is 2.38 bits per heavy atom. The van der Waals surface area contributed by atoms with Crippen LogP contribution in [0.1, 0.15) is 58.3 Å². The van der Waals surface area contributed by atoms with E-state index in [2.05, 4.69) is 5.32 Å². The van der Waals surface area contributed by atoms with E-state index in [0.717, 1.165) is 32.1 Å². The van der Waals surface area contributed by atoms with Crippen molar-refractivity contribution in [3.63, 3.8) is 0 Å². The van der Waals surface area contributed by atoms with Gasteiger partial charge in [0.2, 0.25) is 5.91 Å². The van der Waals surface area contributed by atoms with Crippen LogP contribution in [-0.2, 0) is 9.59 Å². The summed E-state index contributed by atoms with van der Waals surface area (Å²) in [4.78, 5) is 22.9. The van der Waals surface area contributed by atoms with Crippen molar-refractivity contribution in [2.24, 2.45) is 0 Å². The Hall–Kier alpha value is -1.06. The van der Waals surface area contributed by atoms with Crippen molar-refractivity contribution in [2.45, 2.75) is 63.8 Å². The second-order valence-corrected chi connectivity index (χ2v) is 4.60. The van der Waals surface area contributed by atoms with Crippen LogP contribution in [0.25, 0.3) is 0 Å². The summed E-state index contributed by atoms with van der Waals surface area (Å²) in [6.45, 7) is 2.01. The van der Waals surface area contributed by atoms with Crippen LogP contribution in [0.2, 0.25) is 0 Å². The summed E-state index contributed by atoms with van der Waals surface area (Å²) in [5, 5.41) is 12.0. The lowest BCUT2D eigenvalue weighted by molar-refractivity contribution is -0.149. The topological polar surface area (TPSA) is 66.4 Å². The van der Waals surface area contributed by atoms with Crippen molar-refractivity contribution in [1.29, 1.82) is 0 Å². The zero-order valence-corrected chi connectivity index (χ0v) is 9.92. The van der Waals surface area contributed by atoms with E-state index in [1.807, 2.05) is 6.92 Å². The number of carbonyl (C=O) groups is 2. The molecule has 92 valence electrons. The molecule has 1 fully saturated rings. The number of carboxylic acid groups (broad SMARTS) is 1. The Labute approximate surface area is 96.4 Å². The minimum Gasteiger partial charge on any atom is -0.480 e. The summed E-state index contributed by atoms with van der Waals surface area (Å²) < 4.78 is 0. The molecule has 0 saturated heterocycles. The molecule has 0 atom stereocenters. The Bertz CT molecular complexity index is 257. The number of amides is 1. The van der Waals surface area contributed by atoms with Gasteiger partial charge in [-0.3, -0.25) is 4.79 Å². The maximum atomic E-state index is 11.6. The minimum absolute atomic E-state index is 0.119. The number of aliphatic carboxylic acids is 1. The second-order valence-electron chi connectivity index (χ2n) is 4.60. The highest BCUT2D eigenvalue weighted by Crippen LogP contribution is 2.28. The predicted octanol–water partition coefficient (Wildman–Crippen LogP) is 2.08. The first-order chi connectivity index (χ1) is 7.60. The lowest BCUT2D eigenvalue weighted by Gasteiger charge is -2.34. The Kier molecular flexibility index (Phi) is 4.77. The minimum atomic E-state index is -0.983. The third-order valence-corrected chi connectivity index (χ3v) is 3.25. The molecule has 2 N–H and O–H groups in total. The number of carbonyl (C=O) groups excluding carboxylic acids is 1. The van der Waals surface area contributed by atoms with Crippen LogP contribution in [0.3, 0.4) is 0 Å². The molecule has 16 heavy (non-hydrogen) atoms. The van der Waals surface area contributed by atoms with Gasteiger partial charge in [0.15, 0.2) is 0 Å². The van der Waals surface area contributed by atoms with E-state index in [0.29, 0.717) is 19.3 Å². The largest absolute Gasteiger partial charge is 0.480 e. The van der Waals surface area contributed by atoms with Gasteiger partial charge in [-0.25, -0.2) is 4.79 Å². The first-order valence-electron chi connectivity index (χ1n) is 6.15. The van der Waals surface area contributed by atoms with E-state index >= 15 is 0 Å². The molecule has 0 radical (unpaired) electrons. The highest BCUT2D eigenvalue weighted by molar-refractivity contribution is 5.87. The SMILES string of the molecule is CCCCC(=O)NC1(C(=O)O)CCCCC1. The molecule has 0 aromatic heterocycles. The second kappa shape index (κ2) is 5.87. The highest BCUT2D eigenvalue weighted by atomic mass is 16.4. The average Bonchev–Trinajstić information content (AvgIpc) is 2.27. The average molecular weight is 227 g/mol. The third kappa shape index (κ3) is 3.22. The van der Waals surface area contributed by atoms with Crippen LogP contribution in [0.4, 0.5) is 0 Å². The van der Waals surface area contributed by atoms with Crippen LogP contribution in [0, 0.1) is 0 Å². The summed E-state index contributed by atoms with van der Waals surface area (Å²) in [6.07, 6.45) is 6.20. The van der Waals surface area contributed by atoms with Gasteiger partial charge < -0.3 is 10.4 Å². The van der Waals surface area contributed by atoms with Gasteiger partial charge >= 0.3 is 5.97 Å². The molecule has 0 aliphatic heterocycles. The van der Waals surface area contributed by atoms with Gasteiger partial charge in [-0.1, -0.05) is 32.6 Å². The molecule has 0 aromatic carbocycles. The van der Waals surface area contributed by atoms with Gasteiger partial charge in [-0.2, -0.15) is 0 Å². The highest BCUT2D eigenvalue weighted by Gasteiger charge is 2.40. The lowest BCUT2D eigenvalue weighted by Crippen LogP contribution is -2.55. The molecule has 0 heterocycles. The molecule has 1 aliphatic carbocycles. The molecule has 1 saturated carbocycles. The van der Waals surface area contributed by atoms with Crippen molar-refractivity contribution in [1.82, 2.24) is 5.32 Å². The van der Waals surface area contributed by atoms with E-state index in [9.17, 15) is 14.7 Å². The molecule has 0 aromatic rings. The van der Waals surface area contributed by atoms with E-state index in [4.69, 9.17) is 0 Å². The molecule has 4 nitrogen and oxygen atoms in total. The van der Waals surface area contributed by atoms with Crippen molar-refractivity contribution in [2.75, 3.05) is 0 Å². The summed E-state index contributed by atoms with van der Waals surface area (Å²) in [7, 11) is 0. The molecular weight excluding hydrogens is 206 g/mol. The molecule has 0 bridgehead atoms. The fraction of sp³-hybridized carbons (Fsp3) is 0.833. The molecule has 4 heteroatoms. The van der Waals surface area contributed by atoms with Gasteiger partial charge in [-0.05, 0) is 19.3 Å². The van der Waals surface area contributed by atoms with E-state index < -0.39 is 11.5 Å². The predicted molar refractivity (Wildman–Crippen MR) is 61.1 cm³/mol. The lowest BCUT2D eigenvalue weighted by atomic mass is 9.81. The van der Waals surface area contributed by atoms with Crippen LogP contribution >= 0.6 is 0 Å². The number of carboxylic acids is 1. The number of nitrogens with one attached hydrogen (secondary N) is 1. The summed E-state index contributed by atoms with van der Waals surface area (Å²) in [5.41, 5.74) is -0.983. The summed E-state index contributed by atoms with van der Waals surface area (Å²) in [6, 6.07) is 0. The van der Waals surface area contributed by atoms with E-state index in [1.165, 1.54) is 0 Å². The maximum Gasteiger partial charge on any atom is 0.329 e. The Balaban J connectivity index is 2.56. The molecule has 1 aliphatic rings. The number of rotatable bonds is 5. The number of unbranched alkanes of at least 4 members (excludes halogenated alkanes) is 1. The van der Waals surface area contributed by atoms with Gasteiger partial charge in [0.1, 0.15) is 5.54 Å². The standard InChI is InChI=1S/C12H21NO3/c1-2-3-7-10(14)13-12(11(15)16)8-5-4-6-9-12/h2-9H2,1H3,(H,13,14)(H,15,16). The summed E-state index contributed by atoms with van der Waals surface area (Å²) in [5.74, 6) is -0.997. The van der Waals surface area contributed by atoms with Gasteiger partial charge in [0.25, 0.3) is 0 Å². The van der Waals surface area contributed by atoms with Gasteiger partial charge in [0.05, 0.1) is 0 Å². The van der Waals surface area contributed by atoms with Crippen molar-refractivity contribution in [3.05, 3.63) is 0 Å². The number of hydrogen-bond acceptors (Lipinski definition) is 2. The fourth-order valence-corrected chi connectivity index (χ4v) is 2.21. The van der Waals surface area contributed by atoms with Crippen LogP contribution in [0.15, 0.2) is 0 Å². The Morgan fingerprint density at radius 2 is 1.88 bits per heavy atom. The van der Waals surface area contributed by atoms with Gasteiger partial charge in [-0.15, -0.1) is 0 Å². The molecule has 0 unspecified atom stereocenters. The molecule has 1 rings (SSSR count). The number of hydrogen-bond donors (Lipinski definition) is 2. The molecule has 0 spiro atoms. The smallest absolute Gasteiger partial charge is 0.329 e. The summed E-state index contributed by atoms with van der Waals surface area (Å²) >= 11 is 0. The van der Waals surface area contributed by atoms with Gasteiger partial charge in [0, 0.05) is 6.42 Å². The van der Waals surface area contributed by atoms with Crippen molar-refractivity contribution < 1.29 is 14.7 Å². The fourth-order valence-electron chi connectivity index (χ4n) is 2.21. The maximum absolute atomic E-state index is 11.6. The third-order valence-electron chi connectivity index (χ3n) is 3.25. The first kappa shape index (κ1) is 13.0. The van der Waals surface area contributed by atoms with E-state index in [1.54, 1.807) is 0 Å². The zero-order chi connectivity index (χ0) is 12.0. The van der Waals surface area contributed by atoms with Crippen molar-refractivity contribution in [3.8, 4) is 0 Å². The normalized spacial score (nSPS) is 19.1. The monoisotopic (exact) mass is 227 g/mol. The quantitative estimate of drug-likeness (QED) is 0.755. The van der Waals surface area contributed by atoms with Crippen LogP contribution in [-0.4, -0.2) is 22.5 Å². The molecular formula is C12H21NO3. The van der Waals surface area contributed by atoms with Crippen molar-refractivity contribution >= 4 is 11.9 Å². The van der Waals surface area contributed by atoms with Crippen LogP contribution in [0.5, 0.6) is 0 Å². The molecule has 1 amide bonds. The van der Waals surface area contributed by atoms with Crippen LogP contribution < -0.4 is 5.32 Å². The zero-order valence-electron chi connectivity index (χ0n) is 9.92. The first-order valence-corrected chi connectivity index (χ1v) is 6.15. The Morgan fingerprint density at radius 1 is 1.25 bits per heavy atom. The van der Waals surface area contributed by atoms with E-state index in [-0.39, 0.29) is 5.91 Å².